The third-order valence-corrected chi connectivity index (χ3v) is 7.43. The molecule has 30 heavy (non-hydrogen) atoms. The van der Waals surface area contributed by atoms with Crippen molar-refractivity contribution < 1.29 is 22.7 Å². The fourth-order valence-corrected chi connectivity index (χ4v) is 5.54. The molecule has 0 saturated carbocycles. The number of carbonyl (C=O) groups excluding carboxylic acids is 1. The summed E-state index contributed by atoms with van der Waals surface area (Å²) in [5.41, 5.74) is 0.619. The number of hydrogen-bond donors (Lipinski definition) is 1. The van der Waals surface area contributed by atoms with E-state index in [-0.39, 0.29) is 21.4 Å². The van der Waals surface area contributed by atoms with E-state index in [1.54, 1.807) is 18.2 Å². The van der Waals surface area contributed by atoms with Gasteiger partial charge in [-0.25, -0.2) is 8.42 Å². The number of amides is 1. The standard InChI is InChI=1S/C21H25ClN2O5S/c1-14-5-4-10-24(13-14)30(26,27)20-11-15(6-8-17(20)22)21(25)23-18-9-7-16(28-2)12-19(18)29-3/h6-9,11-12,14H,4-5,10,13H2,1-3H3,(H,23,25). The fraction of sp³-hybridized carbons (Fsp3) is 0.381. The van der Waals surface area contributed by atoms with E-state index in [2.05, 4.69) is 5.32 Å². The summed E-state index contributed by atoms with van der Waals surface area (Å²) in [5.74, 6) is 0.812. The van der Waals surface area contributed by atoms with Crippen molar-refractivity contribution in [2.45, 2.75) is 24.7 Å². The highest BCUT2D eigenvalue weighted by Gasteiger charge is 2.31. The summed E-state index contributed by atoms with van der Waals surface area (Å²) in [6.07, 6.45) is 1.79. The van der Waals surface area contributed by atoms with E-state index in [0.29, 0.717) is 30.3 Å². The Labute approximate surface area is 182 Å². The van der Waals surface area contributed by atoms with Crippen molar-refractivity contribution in [3.63, 3.8) is 0 Å². The molecule has 0 bridgehead atoms. The highest BCUT2D eigenvalue weighted by atomic mass is 35.5. The van der Waals surface area contributed by atoms with Gasteiger partial charge in [0, 0.05) is 24.7 Å². The van der Waals surface area contributed by atoms with Crippen molar-refractivity contribution in [3.8, 4) is 11.5 Å². The molecule has 1 unspecified atom stereocenters. The molecule has 1 aliphatic heterocycles. The monoisotopic (exact) mass is 452 g/mol. The lowest BCUT2D eigenvalue weighted by molar-refractivity contribution is 0.102. The molecule has 1 atom stereocenters. The Bertz CT molecular complexity index is 1040. The van der Waals surface area contributed by atoms with Gasteiger partial charge >= 0.3 is 0 Å². The van der Waals surface area contributed by atoms with Crippen LogP contribution in [-0.4, -0.2) is 45.9 Å². The number of rotatable bonds is 6. The summed E-state index contributed by atoms with van der Waals surface area (Å²) in [7, 11) is -0.779. The molecule has 0 radical (unpaired) electrons. The highest BCUT2D eigenvalue weighted by molar-refractivity contribution is 7.89. The number of halogens is 1. The molecule has 1 amide bonds. The second kappa shape index (κ2) is 9.24. The smallest absolute Gasteiger partial charge is 0.255 e. The van der Waals surface area contributed by atoms with Crippen molar-refractivity contribution in [1.29, 1.82) is 0 Å². The number of hydrogen-bond acceptors (Lipinski definition) is 5. The van der Waals surface area contributed by atoms with E-state index in [4.69, 9.17) is 21.1 Å². The van der Waals surface area contributed by atoms with Gasteiger partial charge < -0.3 is 14.8 Å². The van der Waals surface area contributed by atoms with Crippen LogP contribution in [0.2, 0.25) is 5.02 Å². The summed E-state index contributed by atoms with van der Waals surface area (Å²) in [4.78, 5) is 12.7. The Kier molecular flexibility index (Phi) is 6.90. The minimum absolute atomic E-state index is 0.0624. The molecule has 7 nitrogen and oxygen atoms in total. The van der Waals surface area contributed by atoms with Gasteiger partial charge in [-0.05, 0) is 49.1 Å². The molecule has 2 aromatic carbocycles. The number of benzene rings is 2. The Morgan fingerprint density at radius 2 is 1.93 bits per heavy atom. The van der Waals surface area contributed by atoms with E-state index >= 15 is 0 Å². The van der Waals surface area contributed by atoms with Crippen molar-refractivity contribution in [2.75, 3.05) is 32.6 Å². The lowest BCUT2D eigenvalue weighted by Crippen LogP contribution is -2.39. The molecule has 1 N–H and O–H groups in total. The first-order valence-corrected chi connectivity index (χ1v) is 11.4. The van der Waals surface area contributed by atoms with E-state index in [1.807, 2.05) is 6.92 Å². The second-order valence-corrected chi connectivity index (χ2v) is 9.59. The molecule has 0 aromatic heterocycles. The summed E-state index contributed by atoms with van der Waals surface area (Å²) >= 11 is 6.21. The van der Waals surface area contributed by atoms with Gasteiger partial charge in [0.2, 0.25) is 10.0 Å². The number of nitrogens with zero attached hydrogens (tertiary/aromatic N) is 1. The quantitative estimate of drug-likeness (QED) is 0.715. The van der Waals surface area contributed by atoms with Crippen LogP contribution in [0.1, 0.15) is 30.1 Å². The molecule has 0 aliphatic carbocycles. The van der Waals surface area contributed by atoms with Gasteiger partial charge in [0.1, 0.15) is 16.4 Å². The molecule has 0 spiro atoms. The van der Waals surface area contributed by atoms with Gasteiger partial charge in [-0.2, -0.15) is 4.31 Å². The van der Waals surface area contributed by atoms with E-state index < -0.39 is 15.9 Å². The van der Waals surface area contributed by atoms with Gasteiger partial charge in [-0.1, -0.05) is 18.5 Å². The fourth-order valence-electron chi connectivity index (χ4n) is 3.44. The number of carbonyl (C=O) groups is 1. The predicted molar refractivity (Wildman–Crippen MR) is 116 cm³/mol. The third kappa shape index (κ3) is 4.71. The topological polar surface area (TPSA) is 84.9 Å². The van der Waals surface area contributed by atoms with Crippen LogP contribution in [-0.2, 0) is 10.0 Å². The van der Waals surface area contributed by atoms with E-state index in [0.717, 1.165) is 12.8 Å². The van der Waals surface area contributed by atoms with Crippen molar-refractivity contribution >= 4 is 33.2 Å². The van der Waals surface area contributed by atoms with Crippen LogP contribution in [0.5, 0.6) is 11.5 Å². The SMILES string of the molecule is COc1ccc(NC(=O)c2ccc(Cl)c(S(=O)(=O)N3CCCC(C)C3)c2)c(OC)c1. The number of methoxy groups -OCH3 is 2. The normalized spacial score (nSPS) is 17.4. The Morgan fingerprint density at radius 3 is 2.60 bits per heavy atom. The number of piperidine rings is 1. The highest BCUT2D eigenvalue weighted by Crippen LogP contribution is 2.31. The molecule has 162 valence electrons. The number of sulfonamides is 1. The van der Waals surface area contributed by atoms with Gasteiger partial charge in [-0.3, -0.25) is 4.79 Å². The Morgan fingerprint density at radius 1 is 1.17 bits per heavy atom. The molecule has 1 heterocycles. The average Bonchev–Trinajstić information content (AvgIpc) is 2.74. The van der Waals surface area contributed by atoms with Gasteiger partial charge in [0.05, 0.1) is 24.9 Å². The van der Waals surface area contributed by atoms with E-state index in [1.165, 1.54) is 36.7 Å². The zero-order valence-corrected chi connectivity index (χ0v) is 18.7. The first kappa shape index (κ1) is 22.4. The van der Waals surface area contributed by atoms with Gasteiger partial charge in [0.25, 0.3) is 5.91 Å². The second-order valence-electron chi connectivity index (χ2n) is 7.28. The minimum Gasteiger partial charge on any atom is -0.497 e. The number of anilines is 1. The number of ether oxygens (including phenoxy) is 2. The molecule has 1 saturated heterocycles. The molecule has 2 aromatic rings. The summed E-state index contributed by atoms with van der Waals surface area (Å²) in [6, 6.07) is 9.23. The van der Waals surface area contributed by atoms with Crippen LogP contribution in [0.4, 0.5) is 5.69 Å². The molecule has 1 fully saturated rings. The predicted octanol–water partition coefficient (Wildman–Crippen LogP) is 4.03. The first-order valence-electron chi connectivity index (χ1n) is 9.59. The third-order valence-electron chi connectivity index (χ3n) is 5.09. The van der Waals surface area contributed by atoms with Crippen LogP contribution in [0.3, 0.4) is 0 Å². The van der Waals surface area contributed by atoms with Gasteiger partial charge in [0.15, 0.2) is 0 Å². The minimum atomic E-state index is -3.80. The van der Waals surface area contributed by atoms with Crippen molar-refractivity contribution in [3.05, 3.63) is 47.0 Å². The largest absolute Gasteiger partial charge is 0.497 e. The zero-order chi connectivity index (χ0) is 21.9. The van der Waals surface area contributed by atoms with Crippen molar-refractivity contribution in [2.24, 2.45) is 5.92 Å². The lowest BCUT2D eigenvalue weighted by Gasteiger charge is -2.30. The molecule has 9 heteroatoms. The van der Waals surface area contributed by atoms with Crippen LogP contribution in [0.25, 0.3) is 0 Å². The Balaban J connectivity index is 1.89. The molecule has 1 aliphatic rings. The first-order chi connectivity index (χ1) is 14.3. The van der Waals surface area contributed by atoms with E-state index in [9.17, 15) is 13.2 Å². The van der Waals surface area contributed by atoms with Crippen LogP contribution in [0.15, 0.2) is 41.3 Å². The maximum Gasteiger partial charge on any atom is 0.255 e. The molecule has 3 rings (SSSR count). The molecular formula is C21H25ClN2O5S. The lowest BCUT2D eigenvalue weighted by atomic mass is 10.0. The summed E-state index contributed by atoms with van der Waals surface area (Å²) < 4.78 is 38.2. The van der Waals surface area contributed by atoms with Crippen molar-refractivity contribution in [1.82, 2.24) is 4.31 Å². The van der Waals surface area contributed by atoms with Crippen LogP contribution in [0, 0.1) is 5.92 Å². The summed E-state index contributed by atoms with van der Waals surface area (Å²) in [6.45, 7) is 2.91. The maximum atomic E-state index is 13.1. The van der Waals surface area contributed by atoms with Crippen LogP contribution >= 0.6 is 11.6 Å². The Hall–Kier alpha value is -2.29. The van der Waals surface area contributed by atoms with Crippen LogP contribution < -0.4 is 14.8 Å². The molecular weight excluding hydrogens is 428 g/mol. The maximum absolute atomic E-state index is 13.1. The van der Waals surface area contributed by atoms with Gasteiger partial charge in [-0.15, -0.1) is 0 Å². The number of nitrogens with one attached hydrogen (secondary N) is 1. The average molecular weight is 453 g/mol. The zero-order valence-electron chi connectivity index (χ0n) is 17.1. The summed E-state index contributed by atoms with van der Waals surface area (Å²) in [5, 5.41) is 2.83.